The highest BCUT2D eigenvalue weighted by Gasteiger charge is 2.25. The van der Waals surface area contributed by atoms with Gasteiger partial charge < -0.3 is 5.32 Å². The molecule has 5 nitrogen and oxygen atoms in total. The van der Waals surface area contributed by atoms with Crippen LogP contribution in [0.4, 0.5) is 5.00 Å². The van der Waals surface area contributed by atoms with Crippen molar-refractivity contribution in [3.05, 3.63) is 35.0 Å². The maximum atomic E-state index is 13.1. The van der Waals surface area contributed by atoms with E-state index in [0.29, 0.717) is 12.1 Å². The van der Waals surface area contributed by atoms with Crippen molar-refractivity contribution in [3.63, 3.8) is 0 Å². The number of fused-ring (bicyclic) bond motifs is 1. The van der Waals surface area contributed by atoms with E-state index in [-0.39, 0.29) is 5.56 Å². The minimum absolute atomic E-state index is 0.0829. The van der Waals surface area contributed by atoms with E-state index in [1.54, 1.807) is 12.5 Å². The van der Waals surface area contributed by atoms with Gasteiger partial charge in [-0.25, -0.2) is 4.98 Å². The monoisotopic (exact) mass is 356 g/mol. The molecule has 4 rings (SSSR count). The molecule has 0 unspecified atom stereocenters. The van der Waals surface area contributed by atoms with Crippen molar-refractivity contribution in [2.45, 2.75) is 64.0 Å². The summed E-state index contributed by atoms with van der Waals surface area (Å²) in [4.78, 5) is 22.5. The molecule has 0 saturated heterocycles. The van der Waals surface area contributed by atoms with Gasteiger partial charge in [0, 0.05) is 11.8 Å². The molecule has 132 valence electrons. The molecule has 2 saturated carbocycles. The van der Waals surface area contributed by atoms with Crippen molar-refractivity contribution in [1.29, 1.82) is 0 Å². The summed E-state index contributed by atoms with van der Waals surface area (Å²) in [6.07, 6.45) is 11.5. The molecule has 0 aliphatic heterocycles. The van der Waals surface area contributed by atoms with E-state index >= 15 is 0 Å². The number of aromatic nitrogens is 2. The predicted molar refractivity (Wildman–Crippen MR) is 105 cm³/mol. The Bertz CT molecular complexity index is 885. The highest BCUT2D eigenvalue weighted by atomic mass is 32.1. The molecule has 0 bridgehead atoms. The van der Waals surface area contributed by atoms with E-state index in [2.05, 4.69) is 16.9 Å². The maximum Gasteiger partial charge on any atom is 0.271 e. The lowest BCUT2D eigenvalue weighted by Crippen LogP contribution is -2.26. The van der Waals surface area contributed by atoms with E-state index in [4.69, 9.17) is 4.99 Å². The van der Waals surface area contributed by atoms with Crippen molar-refractivity contribution in [3.8, 4) is 0 Å². The van der Waals surface area contributed by atoms with Crippen LogP contribution in [0.2, 0.25) is 0 Å². The lowest BCUT2D eigenvalue weighted by Gasteiger charge is -2.23. The van der Waals surface area contributed by atoms with Gasteiger partial charge in [-0.1, -0.05) is 25.8 Å². The van der Waals surface area contributed by atoms with Crippen molar-refractivity contribution in [2.75, 3.05) is 5.32 Å². The average Bonchev–Trinajstić information content (AvgIpc) is 3.35. The first-order valence-corrected chi connectivity index (χ1v) is 9.96. The second kappa shape index (κ2) is 6.75. The fourth-order valence-electron chi connectivity index (χ4n) is 3.67. The minimum atomic E-state index is 0.0829. The summed E-state index contributed by atoms with van der Waals surface area (Å²) in [5.41, 5.74) is 2.77. The zero-order valence-electron chi connectivity index (χ0n) is 14.6. The van der Waals surface area contributed by atoms with Crippen LogP contribution >= 0.6 is 11.3 Å². The van der Waals surface area contributed by atoms with Gasteiger partial charge in [-0.05, 0) is 38.8 Å². The van der Waals surface area contributed by atoms with Gasteiger partial charge in [0.1, 0.15) is 9.70 Å². The van der Waals surface area contributed by atoms with Gasteiger partial charge in [0.2, 0.25) is 0 Å². The number of thiophene rings is 1. The van der Waals surface area contributed by atoms with Crippen molar-refractivity contribution in [1.82, 2.24) is 9.55 Å². The molecule has 2 aromatic heterocycles. The summed E-state index contributed by atoms with van der Waals surface area (Å²) in [6.45, 7) is 5.78. The summed E-state index contributed by atoms with van der Waals surface area (Å²) >= 11 is 1.47. The van der Waals surface area contributed by atoms with E-state index in [0.717, 1.165) is 52.2 Å². The highest BCUT2D eigenvalue weighted by Crippen LogP contribution is 2.35. The van der Waals surface area contributed by atoms with Crippen LogP contribution in [-0.4, -0.2) is 21.3 Å². The third-order valence-corrected chi connectivity index (χ3v) is 6.21. The molecule has 2 aliphatic rings. The quantitative estimate of drug-likeness (QED) is 0.803. The average molecular weight is 356 g/mol. The van der Waals surface area contributed by atoms with Crippen LogP contribution in [0.15, 0.2) is 28.9 Å². The number of aliphatic imine (C=N–C) groups is 1. The first-order chi connectivity index (χ1) is 12.2. The van der Waals surface area contributed by atoms with Crippen LogP contribution in [0.25, 0.3) is 10.2 Å². The van der Waals surface area contributed by atoms with Gasteiger partial charge in [-0.2, -0.15) is 0 Å². The Hall–Kier alpha value is -1.95. The molecule has 0 atom stereocenters. The molecular formula is C19H24N4OS. The Morgan fingerprint density at radius 3 is 2.80 bits per heavy atom. The number of anilines is 1. The van der Waals surface area contributed by atoms with E-state index in [1.807, 2.05) is 11.5 Å². The van der Waals surface area contributed by atoms with Crippen LogP contribution in [0.1, 0.15) is 63.5 Å². The van der Waals surface area contributed by atoms with Gasteiger partial charge >= 0.3 is 0 Å². The van der Waals surface area contributed by atoms with Crippen LogP contribution in [0, 0.1) is 0 Å². The van der Waals surface area contributed by atoms with Gasteiger partial charge in [0.15, 0.2) is 0 Å². The number of rotatable bonds is 5. The number of nitrogens with one attached hydrogen (secondary N) is 1. The normalized spacial score (nSPS) is 19.3. The van der Waals surface area contributed by atoms with E-state index in [9.17, 15) is 4.79 Å². The standard InChI is InChI=1S/C19H24N4OS/c1-3-20-18-15(12(2)22-13-9-10-13)16-17(25-18)19(24)23(11-21-16)14-7-5-4-6-8-14/h3,11,13-14,20H,1,4-10H2,2H3. The molecule has 2 aromatic rings. The van der Waals surface area contributed by atoms with Crippen LogP contribution in [-0.2, 0) is 0 Å². The molecule has 2 heterocycles. The predicted octanol–water partition coefficient (Wildman–Crippen LogP) is 4.49. The summed E-state index contributed by atoms with van der Waals surface area (Å²) in [7, 11) is 0. The topological polar surface area (TPSA) is 59.3 Å². The number of hydrogen-bond donors (Lipinski definition) is 1. The number of hydrogen-bond acceptors (Lipinski definition) is 5. The molecule has 0 amide bonds. The zero-order chi connectivity index (χ0) is 17.4. The molecule has 2 aliphatic carbocycles. The fourth-order valence-corrected chi connectivity index (χ4v) is 4.81. The highest BCUT2D eigenvalue weighted by molar-refractivity contribution is 7.23. The lowest BCUT2D eigenvalue weighted by atomic mass is 9.95. The summed E-state index contributed by atoms with van der Waals surface area (Å²) in [6, 6.07) is 0.731. The third-order valence-electron chi connectivity index (χ3n) is 5.11. The summed E-state index contributed by atoms with van der Waals surface area (Å²) in [5.74, 6) is 0. The molecule has 25 heavy (non-hydrogen) atoms. The smallest absolute Gasteiger partial charge is 0.271 e. The molecular weight excluding hydrogens is 332 g/mol. The lowest BCUT2D eigenvalue weighted by molar-refractivity contribution is 0.345. The van der Waals surface area contributed by atoms with Crippen LogP contribution in [0.5, 0.6) is 0 Å². The first-order valence-electron chi connectivity index (χ1n) is 9.15. The van der Waals surface area contributed by atoms with Crippen molar-refractivity contribution < 1.29 is 0 Å². The van der Waals surface area contributed by atoms with Gasteiger partial charge in [-0.3, -0.25) is 14.4 Å². The molecule has 0 radical (unpaired) electrons. The second-order valence-electron chi connectivity index (χ2n) is 7.03. The molecule has 2 fully saturated rings. The molecule has 0 spiro atoms. The number of nitrogens with zero attached hydrogens (tertiary/aromatic N) is 3. The van der Waals surface area contributed by atoms with E-state index in [1.165, 1.54) is 30.6 Å². The van der Waals surface area contributed by atoms with Gasteiger partial charge in [0.05, 0.1) is 23.4 Å². The molecule has 1 N–H and O–H groups in total. The summed E-state index contributed by atoms with van der Waals surface area (Å²) < 4.78 is 2.57. The van der Waals surface area contributed by atoms with E-state index < -0.39 is 0 Å². The Labute approximate surface area is 151 Å². The van der Waals surface area contributed by atoms with Gasteiger partial charge in [-0.15, -0.1) is 11.3 Å². The summed E-state index contributed by atoms with van der Waals surface area (Å²) in [5, 5.41) is 4.09. The minimum Gasteiger partial charge on any atom is -0.354 e. The molecule has 6 heteroatoms. The van der Waals surface area contributed by atoms with Crippen LogP contribution in [0.3, 0.4) is 0 Å². The molecule has 0 aromatic carbocycles. The Balaban J connectivity index is 1.84. The third kappa shape index (κ3) is 3.15. The largest absolute Gasteiger partial charge is 0.354 e. The van der Waals surface area contributed by atoms with Crippen LogP contribution < -0.4 is 10.9 Å². The first kappa shape index (κ1) is 16.5. The second-order valence-corrected chi connectivity index (χ2v) is 8.05. The maximum absolute atomic E-state index is 13.1. The Morgan fingerprint density at radius 2 is 2.12 bits per heavy atom. The fraction of sp³-hybridized carbons (Fsp3) is 0.526. The zero-order valence-corrected chi connectivity index (χ0v) is 15.4. The van der Waals surface area contributed by atoms with Crippen molar-refractivity contribution >= 4 is 32.3 Å². The SMILES string of the molecule is C=CNc1sc2c(=O)n(C3CCCCC3)cnc2c1C(C)=NC1CC1. The Kier molecular flexibility index (Phi) is 4.46. The van der Waals surface area contributed by atoms with Gasteiger partial charge in [0.25, 0.3) is 5.56 Å². The van der Waals surface area contributed by atoms with Crippen molar-refractivity contribution in [2.24, 2.45) is 4.99 Å². The Morgan fingerprint density at radius 1 is 1.36 bits per heavy atom.